The van der Waals surface area contributed by atoms with Gasteiger partial charge in [0.2, 0.25) is 0 Å². The molecular formula is C19H21FN4OS. The molecule has 2 N–H and O–H groups in total. The molecular weight excluding hydrogens is 351 g/mol. The first kappa shape index (κ1) is 18.4. The standard InChI is InChI=1S/C19H21FN4OS/c1-11-15(23-18(19(2,3)21)24(4)17(11)25)16-22-10-14(26-16)9-12-5-7-13(20)8-6-12/h5-8,10H,9,21H2,1-4H3. The molecule has 7 heteroatoms. The highest BCUT2D eigenvalue weighted by atomic mass is 32.1. The van der Waals surface area contributed by atoms with E-state index in [1.165, 1.54) is 28.0 Å². The SMILES string of the molecule is Cc1c(-c2ncc(Cc3ccc(F)cc3)s2)nc(C(C)(C)N)n(C)c1=O. The van der Waals surface area contributed by atoms with E-state index in [2.05, 4.69) is 9.97 Å². The van der Waals surface area contributed by atoms with Crippen LogP contribution >= 0.6 is 11.3 Å². The lowest BCUT2D eigenvalue weighted by molar-refractivity contribution is 0.479. The maximum atomic E-state index is 13.0. The number of benzene rings is 1. The maximum absolute atomic E-state index is 13.0. The molecule has 0 amide bonds. The Morgan fingerprint density at radius 2 is 1.92 bits per heavy atom. The second kappa shape index (κ2) is 6.74. The molecule has 0 spiro atoms. The first-order chi connectivity index (χ1) is 12.2. The van der Waals surface area contributed by atoms with Crippen molar-refractivity contribution in [2.24, 2.45) is 12.8 Å². The van der Waals surface area contributed by atoms with Gasteiger partial charge in [0.25, 0.3) is 5.56 Å². The summed E-state index contributed by atoms with van der Waals surface area (Å²) in [6.45, 7) is 5.38. The van der Waals surface area contributed by atoms with E-state index in [9.17, 15) is 9.18 Å². The summed E-state index contributed by atoms with van der Waals surface area (Å²) in [6.07, 6.45) is 2.42. The Morgan fingerprint density at radius 1 is 1.27 bits per heavy atom. The zero-order valence-electron chi connectivity index (χ0n) is 15.2. The van der Waals surface area contributed by atoms with Gasteiger partial charge in [-0.25, -0.2) is 14.4 Å². The van der Waals surface area contributed by atoms with Crippen LogP contribution in [0.25, 0.3) is 10.7 Å². The number of rotatable bonds is 4. The molecule has 2 aromatic heterocycles. The van der Waals surface area contributed by atoms with Crippen molar-refractivity contribution in [3.05, 3.63) is 68.5 Å². The fourth-order valence-electron chi connectivity index (χ4n) is 2.80. The number of nitrogens with two attached hydrogens (primary N) is 1. The summed E-state index contributed by atoms with van der Waals surface area (Å²) >= 11 is 1.48. The Labute approximate surface area is 155 Å². The van der Waals surface area contributed by atoms with Gasteiger partial charge in [-0.05, 0) is 38.5 Å². The number of halogens is 1. The Hall–Kier alpha value is -2.38. The molecule has 0 unspecified atom stereocenters. The fourth-order valence-corrected chi connectivity index (χ4v) is 3.79. The van der Waals surface area contributed by atoms with Crippen molar-refractivity contribution < 1.29 is 4.39 Å². The van der Waals surface area contributed by atoms with Gasteiger partial charge in [-0.3, -0.25) is 9.36 Å². The van der Waals surface area contributed by atoms with Gasteiger partial charge < -0.3 is 5.73 Å². The molecule has 3 aromatic rings. The minimum absolute atomic E-state index is 0.126. The normalized spacial score (nSPS) is 11.8. The molecule has 0 saturated carbocycles. The summed E-state index contributed by atoms with van der Waals surface area (Å²) in [5.41, 5.74) is 7.41. The molecule has 0 saturated heterocycles. The highest BCUT2D eigenvalue weighted by Gasteiger charge is 2.24. The smallest absolute Gasteiger partial charge is 0.256 e. The number of hydrogen-bond donors (Lipinski definition) is 1. The molecule has 0 aliphatic carbocycles. The molecule has 0 atom stereocenters. The topological polar surface area (TPSA) is 73.8 Å². The third kappa shape index (κ3) is 3.59. The number of nitrogens with zero attached hydrogens (tertiary/aromatic N) is 3. The summed E-state index contributed by atoms with van der Waals surface area (Å²) in [4.78, 5) is 22.7. The van der Waals surface area contributed by atoms with Crippen molar-refractivity contribution in [1.29, 1.82) is 0 Å². The third-order valence-electron chi connectivity index (χ3n) is 4.14. The van der Waals surface area contributed by atoms with E-state index >= 15 is 0 Å². The quantitative estimate of drug-likeness (QED) is 0.764. The van der Waals surface area contributed by atoms with E-state index in [4.69, 9.17) is 5.73 Å². The molecule has 3 rings (SSSR count). The third-order valence-corrected chi connectivity index (χ3v) is 5.14. The molecule has 0 aliphatic heterocycles. The van der Waals surface area contributed by atoms with Crippen LogP contribution in [0.1, 0.15) is 35.7 Å². The van der Waals surface area contributed by atoms with E-state index in [-0.39, 0.29) is 11.4 Å². The van der Waals surface area contributed by atoms with Gasteiger partial charge in [-0.15, -0.1) is 11.3 Å². The van der Waals surface area contributed by atoms with Crippen molar-refractivity contribution in [3.63, 3.8) is 0 Å². The zero-order chi connectivity index (χ0) is 19.1. The molecule has 26 heavy (non-hydrogen) atoms. The highest BCUT2D eigenvalue weighted by Crippen LogP contribution is 2.28. The molecule has 2 heterocycles. The molecule has 136 valence electrons. The van der Waals surface area contributed by atoms with Crippen LogP contribution in [0.15, 0.2) is 35.3 Å². The van der Waals surface area contributed by atoms with Crippen LogP contribution in [0.4, 0.5) is 4.39 Å². The first-order valence-electron chi connectivity index (χ1n) is 8.23. The van der Waals surface area contributed by atoms with Gasteiger partial charge in [-0.2, -0.15) is 0 Å². The van der Waals surface area contributed by atoms with Gasteiger partial charge in [0, 0.05) is 30.1 Å². The molecule has 5 nitrogen and oxygen atoms in total. The Morgan fingerprint density at radius 3 is 2.54 bits per heavy atom. The average Bonchev–Trinajstić information content (AvgIpc) is 3.02. The van der Waals surface area contributed by atoms with E-state index in [0.717, 1.165) is 10.4 Å². The predicted molar refractivity (Wildman–Crippen MR) is 102 cm³/mol. The predicted octanol–water partition coefficient (Wildman–Crippen LogP) is 3.14. The van der Waals surface area contributed by atoms with Gasteiger partial charge in [-0.1, -0.05) is 12.1 Å². The summed E-state index contributed by atoms with van der Waals surface area (Å²) in [5, 5.41) is 0.683. The Bertz CT molecular complexity index is 1000. The van der Waals surface area contributed by atoms with Crippen LogP contribution in [0.5, 0.6) is 0 Å². The molecule has 0 bridgehead atoms. The van der Waals surface area contributed by atoms with Crippen LogP contribution in [0.2, 0.25) is 0 Å². The van der Waals surface area contributed by atoms with E-state index in [0.29, 0.717) is 28.5 Å². The van der Waals surface area contributed by atoms with Crippen LogP contribution in [0, 0.1) is 12.7 Å². The summed E-state index contributed by atoms with van der Waals surface area (Å²) in [5.74, 6) is 0.258. The molecule has 0 radical (unpaired) electrons. The maximum Gasteiger partial charge on any atom is 0.256 e. The Balaban J connectivity index is 2.00. The molecule has 0 fully saturated rings. The van der Waals surface area contributed by atoms with Crippen LogP contribution < -0.4 is 11.3 Å². The lowest BCUT2D eigenvalue weighted by Crippen LogP contribution is -2.38. The Kier molecular flexibility index (Phi) is 4.77. The van der Waals surface area contributed by atoms with Crippen molar-refractivity contribution in [1.82, 2.24) is 14.5 Å². The van der Waals surface area contributed by atoms with E-state index in [1.807, 2.05) is 13.8 Å². The number of aromatic nitrogens is 3. The van der Waals surface area contributed by atoms with Crippen molar-refractivity contribution in [2.75, 3.05) is 0 Å². The van der Waals surface area contributed by atoms with E-state index in [1.54, 1.807) is 32.3 Å². The van der Waals surface area contributed by atoms with E-state index < -0.39 is 5.54 Å². The lowest BCUT2D eigenvalue weighted by Gasteiger charge is -2.22. The minimum atomic E-state index is -0.745. The molecule has 0 aliphatic rings. The lowest BCUT2D eigenvalue weighted by atomic mass is 10.1. The van der Waals surface area contributed by atoms with Crippen LogP contribution in [-0.2, 0) is 19.0 Å². The van der Waals surface area contributed by atoms with Gasteiger partial charge in [0.15, 0.2) is 0 Å². The zero-order valence-corrected chi connectivity index (χ0v) is 16.0. The van der Waals surface area contributed by atoms with Crippen molar-refractivity contribution in [2.45, 2.75) is 32.7 Å². The summed E-state index contributed by atoms with van der Waals surface area (Å²) < 4.78 is 14.5. The first-order valence-corrected chi connectivity index (χ1v) is 9.05. The van der Waals surface area contributed by atoms with Crippen molar-refractivity contribution in [3.8, 4) is 10.7 Å². The van der Waals surface area contributed by atoms with Crippen LogP contribution in [-0.4, -0.2) is 14.5 Å². The summed E-state index contributed by atoms with van der Waals surface area (Å²) in [6, 6.07) is 6.40. The van der Waals surface area contributed by atoms with Gasteiger partial charge in [0.05, 0.1) is 5.54 Å². The summed E-state index contributed by atoms with van der Waals surface area (Å²) in [7, 11) is 1.68. The minimum Gasteiger partial charge on any atom is -0.319 e. The number of thiazole rings is 1. The van der Waals surface area contributed by atoms with Gasteiger partial charge >= 0.3 is 0 Å². The average molecular weight is 372 g/mol. The van der Waals surface area contributed by atoms with Crippen LogP contribution in [0.3, 0.4) is 0 Å². The fraction of sp³-hybridized carbons (Fsp3) is 0.316. The monoisotopic (exact) mass is 372 g/mol. The van der Waals surface area contributed by atoms with Gasteiger partial charge in [0.1, 0.15) is 22.3 Å². The highest BCUT2D eigenvalue weighted by molar-refractivity contribution is 7.15. The molecule has 1 aromatic carbocycles. The second-order valence-corrected chi connectivity index (χ2v) is 8.05. The number of hydrogen-bond acceptors (Lipinski definition) is 5. The largest absolute Gasteiger partial charge is 0.319 e. The van der Waals surface area contributed by atoms with Crippen molar-refractivity contribution >= 4 is 11.3 Å². The second-order valence-electron chi connectivity index (χ2n) is 6.93.